The lowest BCUT2D eigenvalue weighted by molar-refractivity contribution is -0.125. The van der Waals surface area contributed by atoms with E-state index in [2.05, 4.69) is 10.6 Å². The number of hydrogen-bond acceptors (Lipinski definition) is 3. The highest BCUT2D eigenvalue weighted by Gasteiger charge is 2.11. The van der Waals surface area contributed by atoms with Crippen LogP contribution in [0.4, 0.5) is 0 Å². The highest BCUT2D eigenvalue weighted by Crippen LogP contribution is 2.08. The van der Waals surface area contributed by atoms with E-state index in [0.29, 0.717) is 13.1 Å². The van der Waals surface area contributed by atoms with Gasteiger partial charge in [-0.3, -0.25) is 9.59 Å². The Balaban J connectivity index is 3.57. The Morgan fingerprint density at radius 2 is 1.71 bits per heavy atom. The Bertz CT molecular complexity index is 242. The van der Waals surface area contributed by atoms with Crippen LogP contribution in [0.5, 0.6) is 0 Å². The summed E-state index contributed by atoms with van der Waals surface area (Å²) in [6.07, 6.45) is 2.77. The minimum atomic E-state index is -0.0794. The van der Waals surface area contributed by atoms with Crippen LogP contribution in [0.2, 0.25) is 0 Å². The van der Waals surface area contributed by atoms with E-state index in [0.717, 1.165) is 19.3 Å². The zero-order valence-electron chi connectivity index (χ0n) is 11.1. The molecule has 17 heavy (non-hydrogen) atoms. The first-order valence-corrected chi connectivity index (χ1v) is 6.21. The van der Waals surface area contributed by atoms with Gasteiger partial charge < -0.3 is 16.4 Å². The molecule has 2 amide bonds. The predicted octanol–water partition coefficient (Wildman–Crippen LogP) is 0.392. The lowest BCUT2D eigenvalue weighted by Crippen LogP contribution is -2.36. The first kappa shape index (κ1) is 15.9. The number of carbonyl (C=O) groups is 2. The van der Waals surface area contributed by atoms with Crippen molar-refractivity contribution < 1.29 is 9.59 Å². The number of nitrogens with one attached hydrogen (secondary N) is 2. The smallest absolute Gasteiger partial charge is 0.222 e. The third kappa shape index (κ3) is 9.81. The Hall–Kier alpha value is -1.10. The molecule has 0 bridgehead atoms. The Morgan fingerprint density at radius 3 is 2.24 bits per heavy atom. The third-order valence-corrected chi connectivity index (χ3v) is 2.54. The molecular formula is C12H25N3O2. The third-order valence-electron chi connectivity index (χ3n) is 2.54. The lowest BCUT2D eigenvalue weighted by atomic mass is 10.0. The summed E-state index contributed by atoms with van der Waals surface area (Å²) in [5, 5.41) is 5.42. The summed E-state index contributed by atoms with van der Waals surface area (Å²) in [4.78, 5) is 22.2. The van der Waals surface area contributed by atoms with Gasteiger partial charge in [-0.2, -0.15) is 0 Å². The fraction of sp³-hybridized carbons (Fsp3) is 0.833. The number of carbonyl (C=O) groups excluding carboxylic acids is 2. The first-order valence-electron chi connectivity index (χ1n) is 6.21. The molecule has 0 aromatic carbocycles. The van der Waals surface area contributed by atoms with Gasteiger partial charge in [-0.25, -0.2) is 0 Å². The largest absolute Gasteiger partial charge is 0.355 e. The summed E-state index contributed by atoms with van der Waals surface area (Å²) in [5.74, 6) is -0.0321. The molecule has 0 aromatic heterocycles. The minimum Gasteiger partial charge on any atom is -0.355 e. The maximum absolute atomic E-state index is 11.6. The molecule has 0 aliphatic carbocycles. The molecule has 0 radical (unpaired) electrons. The average Bonchev–Trinajstić information content (AvgIpc) is 2.23. The lowest BCUT2D eigenvalue weighted by Gasteiger charge is -2.12. The van der Waals surface area contributed by atoms with Crippen molar-refractivity contribution in [1.82, 2.24) is 10.6 Å². The van der Waals surface area contributed by atoms with Gasteiger partial charge in [-0.15, -0.1) is 0 Å². The van der Waals surface area contributed by atoms with Crippen LogP contribution in [0.3, 0.4) is 0 Å². The van der Waals surface area contributed by atoms with Crippen LogP contribution in [-0.4, -0.2) is 30.9 Å². The minimum absolute atomic E-state index is 0.00563. The van der Waals surface area contributed by atoms with Crippen LogP contribution < -0.4 is 16.4 Å². The molecule has 0 saturated carbocycles. The summed E-state index contributed by atoms with van der Waals surface area (Å²) in [5.41, 5.74) is 5.64. The Kier molecular flexibility index (Phi) is 8.40. The fourth-order valence-corrected chi connectivity index (χ4v) is 1.48. The SMILES string of the molecule is CC(=O)NCCNC(=O)C(C)CCCC(C)N. The Labute approximate surface area is 104 Å². The second-order valence-corrected chi connectivity index (χ2v) is 4.58. The molecule has 100 valence electrons. The van der Waals surface area contributed by atoms with Gasteiger partial charge in [0.25, 0.3) is 0 Å². The van der Waals surface area contributed by atoms with Crippen molar-refractivity contribution in [2.45, 2.75) is 46.1 Å². The van der Waals surface area contributed by atoms with Crippen molar-refractivity contribution in [3.63, 3.8) is 0 Å². The summed E-state index contributed by atoms with van der Waals surface area (Å²) >= 11 is 0. The highest BCUT2D eigenvalue weighted by atomic mass is 16.2. The molecule has 5 heteroatoms. The number of hydrogen-bond donors (Lipinski definition) is 3. The van der Waals surface area contributed by atoms with Crippen molar-refractivity contribution in [3.8, 4) is 0 Å². The zero-order chi connectivity index (χ0) is 13.3. The van der Waals surface area contributed by atoms with Gasteiger partial charge in [0, 0.05) is 32.0 Å². The zero-order valence-corrected chi connectivity index (χ0v) is 11.1. The van der Waals surface area contributed by atoms with Crippen molar-refractivity contribution in [1.29, 1.82) is 0 Å². The number of nitrogens with two attached hydrogens (primary N) is 1. The van der Waals surface area contributed by atoms with E-state index >= 15 is 0 Å². The van der Waals surface area contributed by atoms with Crippen LogP contribution in [0, 0.1) is 5.92 Å². The van der Waals surface area contributed by atoms with E-state index in [1.54, 1.807) is 0 Å². The molecule has 0 aromatic rings. The number of rotatable bonds is 8. The normalized spacial score (nSPS) is 13.9. The van der Waals surface area contributed by atoms with E-state index in [9.17, 15) is 9.59 Å². The first-order chi connectivity index (χ1) is 7.93. The van der Waals surface area contributed by atoms with Crippen LogP contribution in [0.25, 0.3) is 0 Å². The molecule has 0 rings (SSSR count). The van der Waals surface area contributed by atoms with Gasteiger partial charge in [-0.1, -0.05) is 13.3 Å². The maximum atomic E-state index is 11.6. The second kappa shape index (κ2) is 8.98. The van der Waals surface area contributed by atoms with Crippen LogP contribution >= 0.6 is 0 Å². The molecule has 2 atom stereocenters. The monoisotopic (exact) mass is 243 g/mol. The molecule has 2 unspecified atom stereocenters. The molecule has 0 spiro atoms. The van der Waals surface area contributed by atoms with E-state index in [1.165, 1.54) is 6.92 Å². The summed E-state index contributed by atoms with van der Waals surface area (Å²) in [7, 11) is 0. The quantitative estimate of drug-likeness (QED) is 0.539. The summed E-state index contributed by atoms with van der Waals surface area (Å²) < 4.78 is 0. The molecule has 0 heterocycles. The summed E-state index contributed by atoms with van der Waals surface area (Å²) in [6, 6.07) is 0.199. The highest BCUT2D eigenvalue weighted by molar-refractivity contribution is 5.78. The standard InChI is InChI=1S/C12H25N3O2/c1-9(5-4-6-10(2)13)12(17)15-8-7-14-11(3)16/h9-10H,4-8,13H2,1-3H3,(H,14,16)(H,15,17). The fourth-order valence-electron chi connectivity index (χ4n) is 1.48. The van der Waals surface area contributed by atoms with Gasteiger partial charge >= 0.3 is 0 Å². The van der Waals surface area contributed by atoms with Gasteiger partial charge in [-0.05, 0) is 19.8 Å². The second-order valence-electron chi connectivity index (χ2n) is 4.58. The average molecular weight is 243 g/mol. The van der Waals surface area contributed by atoms with Crippen molar-refractivity contribution in [2.24, 2.45) is 11.7 Å². The molecule has 0 aliphatic rings. The van der Waals surface area contributed by atoms with E-state index in [4.69, 9.17) is 5.73 Å². The van der Waals surface area contributed by atoms with E-state index in [1.807, 2.05) is 13.8 Å². The van der Waals surface area contributed by atoms with Gasteiger partial charge in [0.2, 0.25) is 11.8 Å². The van der Waals surface area contributed by atoms with Crippen LogP contribution in [-0.2, 0) is 9.59 Å². The maximum Gasteiger partial charge on any atom is 0.222 e. The molecule has 5 nitrogen and oxygen atoms in total. The molecule has 0 fully saturated rings. The van der Waals surface area contributed by atoms with Crippen molar-refractivity contribution >= 4 is 11.8 Å². The Morgan fingerprint density at radius 1 is 1.12 bits per heavy atom. The molecule has 0 aliphatic heterocycles. The van der Waals surface area contributed by atoms with Crippen LogP contribution in [0.1, 0.15) is 40.0 Å². The van der Waals surface area contributed by atoms with Gasteiger partial charge in [0.05, 0.1) is 0 Å². The van der Waals surface area contributed by atoms with Gasteiger partial charge in [0.1, 0.15) is 0 Å². The summed E-state index contributed by atoms with van der Waals surface area (Å²) in [6.45, 7) is 6.30. The van der Waals surface area contributed by atoms with Crippen LogP contribution in [0.15, 0.2) is 0 Å². The predicted molar refractivity (Wildman–Crippen MR) is 68.4 cm³/mol. The van der Waals surface area contributed by atoms with Crippen molar-refractivity contribution in [3.05, 3.63) is 0 Å². The van der Waals surface area contributed by atoms with Crippen molar-refractivity contribution in [2.75, 3.05) is 13.1 Å². The molecular weight excluding hydrogens is 218 g/mol. The molecule has 0 saturated heterocycles. The van der Waals surface area contributed by atoms with Gasteiger partial charge in [0.15, 0.2) is 0 Å². The topological polar surface area (TPSA) is 84.2 Å². The van der Waals surface area contributed by atoms with E-state index in [-0.39, 0.29) is 23.8 Å². The number of amides is 2. The van der Waals surface area contributed by atoms with E-state index < -0.39 is 0 Å². The molecule has 4 N–H and O–H groups in total.